The first-order valence-corrected chi connectivity index (χ1v) is 9.32. The maximum atomic E-state index is 12.0. The lowest BCUT2D eigenvalue weighted by Gasteiger charge is -2.05. The molecule has 8 heteroatoms. The molecular formula is C17H15ClN4O2S. The highest BCUT2D eigenvalue weighted by molar-refractivity contribution is 7.92. The monoisotopic (exact) mass is 374 g/mol. The summed E-state index contributed by atoms with van der Waals surface area (Å²) in [6.45, 7) is 0.152. The largest absolute Gasteiger partial charge is 0.237 e. The Labute approximate surface area is 150 Å². The molecule has 0 aliphatic rings. The average molecular weight is 375 g/mol. The van der Waals surface area contributed by atoms with Crippen molar-refractivity contribution in [1.29, 1.82) is 0 Å². The molecule has 2 heterocycles. The summed E-state index contributed by atoms with van der Waals surface area (Å²) in [6.07, 6.45) is 6.57. The lowest BCUT2D eigenvalue weighted by Crippen LogP contribution is -2.20. The van der Waals surface area contributed by atoms with Gasteiger partial charge in [-0.05, 0) is 41.5 Å². The molecule has 1 aromatic carbocycles. The van der Waals surface area contributed by atoms with E-state index < -0.39 is 10.0 Å². The quantitative estimate of drug-likeness (QED) is 0.719. The minimum absolute atomic E-state index is 0.152. The van der Waals surface area contributed by atoms with Gasteiger partial charge in [0.1, 0.15) is 0 Å². The molecule has 0 bridgehead atoms. The van der Waals surface area contributed by atoms with E-state index in [-0.39, 0.29) is 6.54 Å². The van der Waals surface area contributed by atoms with Crippen molar-refractivity contribution in [2.45, 2.75) is 6.54 Å². The number of sulfonamides is 1. The van der Waals surface area contributed by atoms with Gasteiger partial charge >= 0.3 is 0 Å². The highest BCUT2D eigenvalue weighted by Crippen LogP contribution is 2.11. The molecule has 0 fully saturated rings. The fraction of sp³-hybridized carbons (Fsp3) is 0.0588. The van der Waals surface area contributed by atoms with Crippen molar-refractivity contribution in [1.82, 2.24) is 19.5 Å². The van der Waals surface area contributed by atoms with Crippen LogP contribution in [0.25, 0.3) is 11.9 Å². The Bertz CT molecular complexity index is 951. The van der Waals surface area contributed by atoms with Crippen molar-refractivity contribution in [3.63, 3.8) is 0 Å². The van der Waals surface area contributed by atoms with Gasteiger partial charge in [-0.2, -0.15) is 5.10 Å². The van der Waals surface area contributed by atoms with E-state index in [4.69, 9.17) is 11.6 Å². The second-order valence-electron chi connectivity index (χ2n) is 5.20. The molecular weight excluding hydrogens is 360 g/mol. The summed E-state index contributed by atoms with van der Waals surface area (Å²) in [6, 6.07) is 12.3. The summed E-state index contributed by atoms with van der Waals surface area (Å²) in [5.74, 6) is 0.666. The van der Waals surface area contributed by atoms with Crippen LogP contribution in [0.5, 0.6) is 0 Å². The van der Waals surface area contributed by atoms with Gasteiger partial charge in [-0.1, -0.05) is 29.8 Å². The number of aromatic nitrogens is 3. The van der Waals surface area contributed by atoms with Crippen LogP contribution >= 0.6 is 11.6 Å². The third-order valence-electron chi connectivity index (χ3n) is 3.34. The van der Waals surface area contributed by atoms with E-state index >= 15 is 0 Å². The van der Waals surface area contributed by atoms with Gasteiger partial charge in [0.2, 0.25) is 10.0 Å². The van der Waals surface area contributed by atoms with Crippen LogP contribution in [0, 0.1) is 0 Å². The Hall–Kier alpha value is -2.48. The number of nitrogens with zero attached hydrogens (tertiary/aromatic N) is 3. The molecule has 0 amide bonds. The number of rotatable bonds is 6. The third-order valence-corrected chi connectivity index (χ3v) is 4.63. The summed E-state index contributed by atoms with van der Waals surface area (Å²) in [5, 5.41) is 5.81. The normalized spacial score (nSPS) is 11.9. The Balaban J connectivity index is 1.61. The van der Waals surface area contributed by atoms with E-state index in [9.17, 15) is 8.42 Å². The number of benzene rings is 1. The molecule has 0 aliphatic carbocycles. The van der Waals surface area contributed by atoms with Crippen LogP contribution in [-0.2, 0) is 16.6 Å². The van der Waals surface area contributed by atoms with Crippen LogP contribution in [-0.4, -0.2) is 23.2 Å². The number of halogens is 1. The van der Waals surface area contributed by atoms with Gasteiger partial charge in [-0.15, -0.1) is 0 Å². The van der Waals surface area contributed by atoms with Crippen LogP contribution in [0.3, 0.4) is 0 Å². The van der Waals surface area contributed by atoms with Gasteiger partial charge < -0.3 is 0 Å². The molecule has 0 saturated heterocycles. The predicted octanol–water partition coefficient (Wildman–Crippen LogP) is 3.01. The molecule has 25 heavy (non-hydrogen) atoms. The lowest BCUT2D eigenvalue weighted by atomic mass is 10.2. The van der Waals surface area contributed by atoms with Crippen molar-refractivity contribution < 1.29 is 8.42 Å². The van der Waals surface area contributed by atoms with Crippen molar-refractivity contribution in [2.75, 3.05) is 0 Å². The van der Waals surface area contributed by atoms with Crippen LogP contribution in [0.1, 0.15) is 11.1 Å². The molecule has 2 aromatic heterocycles. The molecule has 128 valence electrons. The molecule has 0 spiro atoms. The van der Waals surface area contributed by atoms with Gasteiger partial charge in [0, 0.05) is 35.6 Å². The van der Waals surface area contributed by atoms with Crippen molar-refractivity contribution in [3.05, 3.63) is 82.6 Å². The third kappa shape index (κ3) is 4.99. The molecule has 0 atom stereocenters. The SMILES string of the molecule is O=S(=O)(/C=C/c1ccc(Cl)cc1)NCc1ccc(-n2cccn2)nc1. The van der Waals surface area contributed by atoms with Crippen molar-refractivity contribution in [3.8, 4) is 5.82 Å². The van der Waals surface area contributed by atoms with E-state index in [2.05, 4.69) is 14.8 Å². The van der Waals surface area contributed by atoms with Crippen molar-refractivity contribution in [2.24, 2.45) is 0 Å². The zero-order valence-corrected chi connectivity index (χ0v) is 14.7. The van der Waals surface area contributed by atoms with Gasteiger partial charge in [0.15, 0.2) is 5.82 Å². The van der Waals surface area contributed by atoms with Gasteiger partial charge in [-0.3, -0.25) is 0 Å². The Morgan fingerprint density at radius 1 is 1.16 bits per heavy atom. The summed E-state index contributed by atoms with van der Waals surface area (Å²) in [7, 11) is -3.55. The predicted molar refractivity (Wildman–Crippen MR) is 97.6 cm³/mol. The van der Waals surface area contributed by atoms with E-state index in [0.717, 1.165) is 16.5 Å². The number of hydrogen-bond acceptors (Lipinski definition) is 4. The summed E-state index contributed by atoms with van der Waals surface area (Å²) >= 11 is 5.80. The minimum Gasteiger partial charge on any atom is -0.237 e. The second-order valence-corrected chi connectivity index (χ2v) is 7.28. The zero-order chi connectivity index (χ0) is 17.7. The van der Waals surface area contributed by atoms with Crippen LogP contribution in [0.2, 0.25) is 5.02 Å². The Kier molecular flexibility index (Phi) is 5.28. The molecule has 0 radical (unpaired) electrons. The number of hydrogen-bond donors (Lipinski definition) is 1. The van der Waals surface area contributed by atoms with Crippen LogP contribution < -0.4 is 4.72 Å². The fourth-order valence-corrected chi connectivity index (χ4v) is 2.96. The summed E-state index contributed by atoms with van der Waals surface area (Å²) in [4.78, 5) is 4.26. The molecule has 3 aromatic rings. The minimum atomic E-state index is -3.55. The average Bonchev–Trinajstić information content (AvgIpc) is 3.15. The van der Waals surface area contributed by atoms with Crippen LogP contribution in [0.4, 0.5) is 0 Å². The fourth-order valence-electron chi connectivity index (χ4n) is 2.04. The first kappa shape index (κ1) is 17.3. The van der Waals surface area contributed by atoms with Gasteiger partial charge in [-0.25, -0.2) is 22.8 Å². The molecule has 6 nitrogen and oxygen atoms in total. The Morgan fingerprint density at radius 3 is 2.60 bits per heavy atom. The van der Waals surface area contributed by atoms with E-state index in [1.807, 2.05) is 0 Å². The maximum absolute atomic E-state index is 12.0. The zero-order valence-electron chi connectivity index (χ0n) is 13.1. The smallest absolute Gasteiger partial charge is 0.234 e. The van der Waals surface area contributed by atoms with E-state index in [1.54, 1.807) is 65.7 Å². The van der Waals surface area contributed by atoms with E-state index in [0.29, 0.717) is 10.8 Å². The number of pyridine rings is 1. The molecule has 0 aliphatic heterocycles. The molecule has 0 unspecified atom stereocenters. The first-order valence-electron chi connectivity index (χ1n) is 7.40. The summed E-state index contributed by atoms with van der Waals surface area (Å²) in [5.41, 5.74) is 1.50. The number of nitrogens with one attached hydrogen (secondary N) is 1. The van der Waals surface area contributed by atoms with E-state index in [1.165, 1.54) is 6.08 Å². The topological polar surface area (TPSA) is 76.9 Å². The Morgan fingerprint density at radius 2 is 1.96 bits per heavy atom. The highest BCUT2D eigenvalue weighted by atomic mass is 35.5. The van der Waals surface area contributed by atoms with Crippen molar-refractivity contribution >= 4 is 27.7 Å². The lowest BCUT2D eigenvalue weighted by molar-refractivity contribution is 0.590. The van der Waals surface area contributed by atoms with Gasteiger partial charge in [0.25, 0.3) is 0 Å². The first-order chi connectivity index (χ1) is 12.0. The standard InChI is InChI=1S/C17H15ClN4O2S/c18-16-5-2-14(3-6-16)8-11-25(23,24)21-13-15-4-7-17(19-12-15)22-10-1-9-20-22/h1-12,21H,13H2/b11-8+. The molecule has 3 rings (SSSR count). The van der Waals surface area contributed by atoms with Gasteiger partial charge in [0.05, 0.1) is 0 Å². The van der Waals surface area contributed by atoms with Crippen LogP contribution in [0.15, 0.2) is 66.5 Å². The highest BCUT2D eigenvalue weighted by Gasteiger charge is 2.06. The summed E-state index contributed by atoms with van der Waals surface area (Å²) < 4.78 is 28.2. The molecule has 1 N–H and O–H groups in total. The maximum Gasteiger partial charge on any atom is 0.234 e. The second kappa shape index (κ2) is 7.60. The molecule has 0 saturated carbocycles.